The zero-order valence-electron chi connectivity index (χ0n) is 22.7. The Balaban J connectivity index is 2.03. The summed E-state index contributed by atoms with van der Waals surface area (Å²) in [5, 5.41) is 29.1. The number of aromatic hydroxyl groups is 1. The molecule has 0 aromatic carbocycles. The van der Waals surface area contributed by atoms with E-state index in [1.807, 2.05) is 6.92 Å². The van der Waals surface area contributed by atoms with Crippen LogP contribution in [0.4, 0.5) is 0 Å². The Morgan fingerprint density at radius 1 is 1.18 bits per heavy atom. The van der Waals surface area contributed by atoms with E-state index < -0.39 is 65.9 Å². The van der Waals surface area contributed by atoms with Gasteiger partial charge in [0.25, 0.3) is 11.8 Å². The topological polar surface area (TPSA) is 189 Å². The first-order chi connectivity index (χ1) is 19.1. The van der Waals surface area contributed by atoms with E-state index in [-0.39, 0.29) is 18.0 Å². The largest absolute Gasteiger partial charge is 0.505 e. The standard InChI is InChI=1S/C27H35N5O8/c1-5-14(2)19-27(38)40-15(3)20(32-25(36)21-18(33)9-7-11-29-21)24(35)30-17(12-16-8-6-10-28-13-16)22(34)23(39-4)26(37)31-19/h6-11,13-15,17,19-20,22-23,33-34H,5,12H2,1-4H3,(H,30,35)(H,31,37)(H,32,36)/t14?,15-,17+,19?,20+,22-,23-/m1/s1. The number of carbonyl (C=O) groups is 4. The zero-order chi connectivity index (χ0) is 29.4. The smallest absolute Gasteiger partial charge is 0.329 e. The van der Waals surface area contributed by atoms with Crippen LogP contribution in [-0.2, 0) is 30.3 Å². The monoisotopic (exact) mass is 557 g/mol. The number of rotatable bonds is 7. The van der Waals surface area contributed by atoms with E-state index in [2.05, 4.69) is 25.9 Å². The minimum absolute atomic E-state index is 0.0541. The Labute approximate surface area is 231 Å². The molecule has 2 aromatic rings. The first kappa shape index (κ1) is 30.4. The average Bonchev–Trinajstić information content (AvgIpc) is 2.94. The summed E-state index contributed by atoms with van der Waals surface area (Å²) < 4.78 is 10.9. The second-order valence-corrected chi connectivity index (χ2v) is 9.66. The van der Waals surface area contributed by atoms with Crippen molar-refractivity contribution in [3.63, 3.8) is 0 Å². The second-order valence-electron chi connectivity index (χ2n) is 9.66. The van der Waals surface area contributed by atoms with Gasteiger partial charge >= 0.3 is 5.97 Å². The van der Waals surface area contributed by atoms with Crippen molar-refractivity contribution in [1.82, 2.24) is 25.9 Å². The van der Waals surface area contributed by atoms with E-state index in [0.29, 0.717) is 12.0 Å². The molecule has 0 saturated carbocycles. The van der Waals surface area contributed by atoms with Crippen molar-refractivity contribution in [2.45, 2.75) is 70.1 Å². The summed E-state index contributed by atoms with van der Waals surface area (Å²) in [4.78, 5) is 60.9. The predicted molar refractivity (Wildman–Crippen MR) is 141 cm³/mol. The maximum Gasteiger partial charge on any atom is 0.329 e. The average molecular weight is 558 g/mol. The molecule has 13 heteroatoms. The lowest BCUT2D eigenvalue weighted by Crippen LogP contribution is -2.62. The number of carbonyl (C=O) groups excluding carboxylic acids is 4. The van der Waals surface area contributed by atoms with Gasteiger partial charge in [-0.3, -0.25) is 19.4 Å². The second kappa shape index (κ2) is 13.8. The molecule has 216 valence electrons. The molecule has 0 spiro atoms. The Kier molecular flexibility index (Phi) is 10.5. The van der Waals surface area contributed by atoms with Crippen molar-refractivity contribution in [1.29, 1.82) is 0 Å². The molecular formula is C27H35N5O8. The highest BCUT2D eigenvalue weighted by molar-refractivity contribution is 5.98. The van der Waals surface area contributed by atoms with Crippen LogP contribution in [0, 0.1) is 5.92 Å². The molecule has 5 N–H and O–H groups in total. The van der Waals surface area contributed by atoms with Gasteiger partial charge in [0.1, 0.15) is 30.0 Å². The summed E-state index contributed by atoms with van der Waals surface area (Å²) in [6, 6.07) is 2.43. The van der Waals surface area contributed by atoms with E-state index in [1.54, 1.807) is 31.5 Å². The molecule has 1 fully saturated rings. The maximum atomic E-state index is 13.6. The molecule has 0 radical (unpaired) electrons. The van der Waals surface area contributed by atoms with Crippen LogP contribution in [0.25, 0.3) is 0 Å². The molecular weight excluding hydrogens is 522 g/mol. The molecule has 0 aliphatic carbocycles. The molecule has 0 bridgehead atoms. The van der Waals surface area contributed by atoms with Crippen molar-refractivity contribution in [2.24, 2.45) is 5.92 Å². The first-order valence-electron chi connectivity index (χ1n) is 12.9. The molecule has 3 heterocycles. The van der Waals surface area contributed by atoms with Crippen molar-refractivity contribution in [3.05, 3.63) is 54.1 Å². The number of cyclic esters (lactones) is 1. The number of nitrogens with zero attached hydrogens (tertiary/aromatic N) is 2. The lowest BCUT2D eigenvalue weighted by Gasteiger charge is -2.34. The number of hydrogen-bond donors (Lipinski definition) is 5. The summed E-state index contributed by atoms with van der Waals surface area (Å²) >= 11 is 0. The Morgan fingerprint density at radius 3 is 2.52 bits per heavy atom. The van der Waals surface area contributed by atoms with Gasteiger partial charge in [0.15, 0.2) is 11.8 Å². The van der Waals surface area contributed by atoms with Crippen LogP contribution >= 0.6 is 0 Å². The van der Waals surface area contributed by atoms with Crippen LogP contribution < -0.4 is 16.0 Å². The number of aromatic nitrogens is 2. The predicted octanol–water partition coefficient (Wildman–Crippen LogP) is -0.140. The Morgan fingerprint density at radius 2 is 1.90 bits per heavy atom. The Hall–Kier alpha value is -4.10. The minimum atomic E-state index is -1.56. The lowest BCUT2D eigenvalue weighted by atomic mass is 9.95. The first-order valence-corrected chi connectivity index (χ1v) is 12.9. The van der Waals surface area contributed by atoms with Gasteiger partial charge in [0.2, 0.25) is 5.91 Å². The molecule has 2 unspecified atom stereocenters. The van der Waals surface area contributed by atoms with E-state index >= 15 is 0 Å². The molecule has 1 saturated heterocycles. The quantitative estimate of drug-likeness (QED) is 0.287. The molecule has 3 amide bonds. The van der Waals surface area contributed by atoms with Crippen molar-refractivity contribution >= 4 is 23.7 Å². The third-order valence-corrected chi connectivity index (χ3v) is 6.85. The number of nitrogens with one attached hydrogen (secondary N) is 3. The summed E-state index contributed by atoms with van der Waals surface area (Å²) in [5.74, 6) is -4.08. The Bertz CT molecular complexity index is 1200. The number of aliphatic hydroxyl groups is 1. The van der Waals surface area contributed by atoms with E-state index in [9.17, 15) is 29.4 Å². The molecule has 2 aromatic heterocycles. The number of methoxy groups -OCH3 is 1. The highest BCUT2D eigenvalue weighted by Gasteiger charge is 2.41. The SMILES string of the molecule is CCC(C)C1NC(=O)[C@H](OC)[C@H](O)[C@H](Cc2cccnc2)NC(=O)[C@@H](NC(=O)c2ncccc2O)[C@@H](C)OC1=O. The van der Waals surface area contributed by atoms with Crippen LogP contribution in [-0.4, -0.2) is 87.4 Å². The fraction of sp³-hybridized carbons (Fsp3) is 0.481. The molecule has 40 heavy (non-hydrogen) atoms. The van der Waals surface area contributed by atoms with Gasteiger partial charge in [-0.05, 0) is 43.0 Å². The van der Waals surface area contributed by atoms with E-state index in [1.165, 1.54) is 32.4 Å². The van der Waals surface area contributed by atoms with Gasteiger partial charge in [-0.15, -0.1) is 0 Å². The van der Waals surface area contributed by atoms with E-state index in [4.69, 9.17) is 9.47 Å². The van der Waals surface area contributed by atoms with Crippen LogP contribution in [0.5, 0.6) is 5.75 Å². The van der Waals surface area contributed by atoms with Crippen LogP contribution in [0.1, 0.15) is 43.2 Å². The van der Waals surface area contributed by atoms with Crippen LogP contribution in [0.15, 0.2) is 42.9 Å². The summed E-state index contributed by atoms with van der Waals surface area (Å²) in [6.45, 7) is 4.97. The van der Waals surface area contributed by atoms with Gasteiger partial charge in [-0.25, -0.2) is 9.78 Å². The number of hydrogen-bond acceptors (Lipinski definition) is 10. The molecule has 13 nitrogen and oxygen atoms in total. The normalized spacial score (nSPS) is 26.8. The number of ether oxygens (including phenoxy) is 2. The van der Waals surface area contributed by atoms with Crippen molar-refractivity contribution in [2.75, 3.05) is 7.11 Å². The van der Waals surface area contributed by atoms with Gasteiger partial charge in [0.05, 0.1) is 6.04 Å². The number of amides is 3. The highest BCUT2D eigenvalue weighted by atomic mass is 16.5. The molecule has 3 rings (SSSR count). The number of pyridine rings is 2. The highest BCUT2D eigenvalue weighted by Crippen LogP contribution is 2.18. The molecule has 1 aliphatic rings. The molecule has 1 aliphatic heterocycles. The fourth-order valence-electron chi connectivity index (χ4n) is 4.32. The van der Waals surface area contributed by atoms with Gasteiger partial charge in [-0.2, -0.15) is 0 Å². The van der Waals surface area contributed by atoms with Crippen LogP contribution in [0.2, 0.25) is 0 Å². The molecule has 7 atom stereocenters. The summed E-state index contributed by atoms with van der Waals surface area (Å²) in [6.07, 6.45) is 0.711. The summed E-state index contributed by atoms with van der Waals surface area (Å²) in [7, 11) is 1.23. The third-order valence-electron chi connectivity index (χ3n) is 6.85. The van der Waals surface area contributed by atoms with Gasteiger partial charge < -0.3 is 35.6 Å². The lowest BCUT2D eigenvalue weighted by molar-refractivity contribution is -0.159. The summed E-state index contributed by atoms with van der Waals surface area (Å²) in [5.41, 5.74) is 0.307. The zero-order valence-corrected chi connectivity index (χ0v) is 22.7. The van der Waals surface area contributed by atoms with Crippen molar-refractivity contribution in [3.8, 4) is 5.75 Å². The minimum Gasteiger partial charge on any atom is -0.505 e. The third kappa shape index (κ3) is 7.30. The number of aliphatic hydroxyl groups excluding tert-OH is 1. The maximum absolute atomic E-state index is 13.6. The van der Waals surface area contributed by atoms with E-state index in [0.717, 1.165) is 0 Å². The van der Waals surface area contributed by atoms with Crippen molar-refractivity contribution < 1.29 is 38.9 Å². The van der Waals surface area contributed by atoms with Gasteiger partial charge in [-0.1, -0.05) is 26.3 Å². The van der Waals surface area contributed by atoms with Gasteiger partial charge in [0, 0.05) is 25.7 Å². The fourth-order valence-corrected chi connectivity index (χ4v) is 4.32. The number of esters is 1. The van der Waals surface area contributed by atoms with Crippen LogP contribution in [0.3, 0.4) is 0 Å².